The van der Waals surface area contributed by atoms with E-state index in [-0.39, 0.29) is 6.10 Å². The zero-order chi connectivity index (χ0) is 15.9. The number of hydrogen-bond acceptors (Lipinski definition) is 3. The third kappa shape index (κ3) is 5.38. The van der Waals surface area contributed by atoms with Crippen LogP contribution in [-0.4, -0.2) is 35.7 Å². The fraction of sp³-hybridized carbons (Fsp3) is 0.684. The van der Waals surface area contributed by atoms with Gasteiger partial charge >= 0.3 is 0 Å². The van der Waals surface area contributed by atoms with Crippen molar-refractivity contribution in [2.24, 2.45) is 17.6 Å². The number of aliphatic hydroxyl groups is 1. The minimum absolute atomic E-state index is 0.116. The molecule has 3 nitrogen and oxygen atoms in total. The summed E-state index contributed by atoms with van der Waals surface area (Å²) in [5.41, 5.74) is 8.36. The highest BCUT2D eigenvalue weighted by Crippen LogP contribution is 2.25. The van der Waals surface area contributed by atoms with Gasteiger partial charge in [-0.3, -0.25) is 4.90 Å². The number of nitrogens with two attached hydrogens (primary N) is 1. The van der Waals surface area contributed by atoms with Gasteiger partial charge in [0.05, 0.1) is 6.10 Å². The monoisotopic (exact) mass is 304 g/mol. The summed E-state index contributed by atoms with van der Waals surface area (Å²) >= 11 is 0. The minimum atomic E-state index is -0.116. The maximum atomic E-state index is 10.3. The molecule has 0 spiro atoms. The molecule has 1 aromatic carbocycles. The molecule has 0 aliphatic carbocycles. The van der Waals surface area contributed by atoms with Gasteiger partial charge in [0.15, 0.2) is 0 Å². The van der Waals surface area contributed by atoms with E-state index in [2.05, 4.69) is 43.0 Å². The molecular weight excluding hydrogens is 272 g/mol. The summed E-state index contributed by atoms with van der Waals surface area (Å²) in [5, 5.41) is 10.3. The Bertz CT molecular complexity index is 439. The summed E-state index contributed by atoms with van der Waals surface area (Å²) in [6.07, 6.45) is 4.02. The lowest BCUT2D eigenvalue weighted by atomic mass is 9.87. The first-order valence-electron chi connectivity index (χ1n) is 8.76. The quantitative estimate of drug-likeness (QED) is 0.814. The van der Waals surface area contributed by atoms with Gasteiger partial charge in [-0.1, -0.05) is 38.1 Å². The van der Waals surface area contributed by atoms with Gasteiger partial charge in [0.25, 0.3) is 0 Å². The van der Waals surface area contributed by atoms with Crippen molar-refractivity contribution in [3.63, 3.8) is 0 Å². The minimum Gasteiger partial charge on any atom is -0.393 e. The number of piperidine rings is 1. The number of likely N-dealkylation sites (tertiary alicyclic amines) is 1. The van der Waals surface area contributed by atoms with Gasteiger partial charge in [-0.05, 0) is 68.3 Å². The summed E-state index contributed by atoms with van der Waals surface area (Å²) in [4.78, 5) is 2.51. The Morgan fingerprint density at radius 3 is 2.55 bits per heavy atom. The van der Waals surface area contributed by atoms with Crippen molar-refractivity contribution in [1.82, 2.24) is 4.90 Å². The summed E-state index contributed by atoms with van der Waals surface area (Å²) in [7, 11) is 0. The predicted molar refractivity (Wildman–Crippen MR) is 92.7 cm³/mol. The molecule has 1 saturated heterocycles. The van der Waals surface area contributed by atoms with Crippen molar-refractivity contribution in [3.05, 3.63) is 35.4 Å². The number of hydrogen-bond donors (Lipinski definition) is 2. The van der Waals surface area contributed by atoms with Gasteiger partial charge in [0.2, 0.25) is 0 Å². The van der Waals surface area contributed by atoms with Crippen molar-refractivity contribution in [1.29, 1.82) is 0 Å². The first-order chi connectivity index (χ1) is 10.6. The SMILES string of the molecule is CC(C)C[C@H](O)C1CCN(Cc2cccc(CCN)c2)CC1. The van der Waals surface area contributed by atoms with E-state index in [1.54, 1.807) is 0 Å². The van der Waals surface area contributed by atoms with Crippen LogP contribution < -0.4 is 5.73 Å². The van der Waals surface area contributed by atoms with Crippen LogP contribution in [0.5, 0.6) is 0 Å². The fourth-order valence-corrected chi connectivity index (χ4v) is 3.48. The van der Waals surface area contributed by atoms with E-state index in [0.29, 0.717) is 18.4 Å². The molecule has 2 rings (SSSR count). The van der Waals surface area contributed by atoms with Gasteiger partial charge in [-0.25, -0.2) is 0 Å². The van der Waals surface area contributed by atoms with E-state index >= 15 is 0 Å². The van der Waals surface area contributed by atoms with Crippen molar-refractivity contribution in [3.8, 4) is 0 Å². The molecule has 1 aliphatic rings. The summed E-state index contributed by atoms with van der Waals surface area (Å²) in [6, 6.07) is 8.79. The topological polar surface area (TPSA) is 49.5 Å². The Labute approximate surface area is 135 Å². The maximum absolute atomic E-state index is 10.3. The van der Waals surface area contributed by atoms with Crippen molar-refractivity contribution >= 4 is 0 Å². The van der Waals surface area contributed by atoms with Gasteiger partial charge in [-0.2, -0.15) is 0 Å². The smallest absolute Gasteiger partial charge is 0.0571 e. The maximum Gasteiger partial charge on any atom is 0.0571 e. The van der Waals surface area contributed by atoms with Crippen LogP contribution in [0.25, 0.3) is 0 Å². The Kier molecular flexibility index (Phi) is 6.87. The van der Waals surface area contributed by atoms with Crippen molar-refractivity contribution in [2.75, 3.05) is 19.6 Å². The zero-order valence-corrected chi connectivity index (χ0v) is 14.2. The first kappa shape index (κ1) is 17.5. The molecule has 0 saturated carbocycles. The van der Waals surface area contributed by atoms with E-state index in [1.165, 1.54) is 11.1 Å². The van der Waals surface area contributed by atoms with Crippen LogP contribution >= 0.6 is 0 Å². The predicted octanol–water partition coefficient (Wildman–Crippen LogP) is 2.81. The first-order valence-corrected chi connectivity index (χ1v) is 8.76. The van der Waals surface area contributed by atoms with Crippen LogP contribution in [-0.2, 0) is 13.0 Å². The van der Waals surface area contributed by atoms with Crippen molar-refractivity contribution in [2.45, 2.75) is 52.2 Å². The van der Waals surface area contributed by atoms with Crippen LogP contribution in [0, 0.1) is 11.8 Å². The Balaban J connectivity index is 1.81. The zero-order valence-electron chi connectivity index (χ0n) is 14.2. The lowest BCUT2D eigenvalue weighted by Crippen LogP contribution is -2.37. The molecule has 0 bridgehead atoms. The number of rotatable bonds is 7. The molecule has 1 atom stereocenters. The number of nitrogens with zero attached hydrogens (tertiary/aromatic N) is 1. The molecule has 1 fully saturated rings. The Hall–Kier alpha value is -0.900. The van der Waals surface area contributed by atoms with Gasteiger partial charge in [0, 0.05) is 6.54 Å². The molecule has 124 valence electrons. The van der Waals surface area contributed by atoms with Crippen LogP contribution in [0.1, 0.15) is 44.2 Å². The molecule has 0 unspecified atom stereocenters. The van der Waals surface area contributed by atoms with Crippen LogP contribution in [0.15, 0.2) is 24.3 Å². The molecule has 3 N–H and O–H groups in total. The molecule has 22 heavy (non-hydrogen) atoms. The largest absolute Gasteiger partial charge is 0.393 e. The van der Waals surface area contributed by atoms with Crippen LogP contribution in [0.2, 0.25) is 0 Å². The Morgan fingerprint density at radius 2 is 1.91 bits per heavy atom. The Morgan fingerprint density at radius 1 is 1.23 bits per heavy atom. The third-order valence-corrected chi connectivity index (χ3v) is 4.72. The second-order valence-electron chi connectivity index (χ2n) is 7.17. The lowest BCUT2D eigenvalue weighted by molar-refractivity contribution is 0.0436. The van der Waals surface area contributed by atoms with Gasteiger partial charge in [0.1, 0.15) is 0 Å². The molecule has 1 aliphatic heterocycles. The number of aliphatic hydroxyl groups excluding tert-OH is 1. The van der Waals surface area contributed by atoms with E-state index in [9.17, 15) is 5.11 Å². The summed E-state index contributed by atoms with van der Waals surface area (Å²) in [6.45, 7) is 8.30. The molecular formula is C19H32N2O. The summed E-state index contributed by atoms with van der Waals surface area (Å²) < 4.78 is 0. The molecule has 1 aromatic rings. The lowest BCUT2D eigenvalue weighted by Gasteiger charge is -2.34. The van der Waals surface area contributed by atoms with E-state index in [0.717, 1.165) is 45.3 Å². The average molecular weight is 304 g/mol. The average Bonchev–Trinajstić information content (AvgIpc) is 2.48. The normalized spacial score (nSPS) is 18.8. The van der Waals surface area contributed by atoms with Gasteiger partial charge in [-0.15, -0.1) is 0 Å². The molecule has 0 radical (unpaired) electrons. The molecule has 0 aromatic heterocycles. The van der Waals surface area contributed by atoms with Crippen molar-refractivity contribution < 1.29 is 5.11 Å². The van der Waals surface area contributed by atoms with Crippen LogP contribution in [0.3, 0.4) is 0 Å². The number of benzene rings is 1. The van der Waals surface area contributed by atoms with Gasteiger partial charge < -0.3 is 10.8 Å². The molecule has 0 amide bonds. The third-order valence-electron chi connectivity index (χ3n) is 4.72. The summed E-state index contributed by atoms with van der Waals surface area (Å²) in [5.74, 6) is 1.07. The van der Waals surface area contributed by atoms with E-state index in [4.69, 9.17) is 5.73 Å². The highest BCUT2D eigenvalue weighted by Gasteiger charge is 2.25. The molecule has 3 heteroatoms. The van der Waals surface area contributed by atoms with E-state index in [1.807, 2.05) is 0 Å². The molecule has 1 heterocycles. The standard InChI is InChI=1S/C19H32N2O/c1-15(2)12-19(22)18-7-10-21(11-8-18)14-17-5-3-4-16(13-17)6-9-20/h3-5,13,15,18-19,22H,6-12,14,20H2,1-2H3/t19-/m0/s1. The van der Waals surface area contributed by atoms with Crippen LogP contribution in [0.4, 0.5) is 0 Å². The van der Waals surface area contributed by atoms with E-state index < -0.39 is 0 Å². The fourth-order valence-electron chi connectivity index (χ4n) is 3.48. The second-order valence-corrected chi connectivity index (χ2v) is 7.17. The highest BCUT2D eigenvalue weighted by molar-refractivity contribution is 5.23. The second kappa shape index (κ2) is 8.66. The highest BCUT2D eigenvalue weighted by atomic mass is 16.3.